The number of fused-ring (bicyclic) bond motifs is 1. The predicted octanol–water partition coefficient (Wildman–Crippen LogP) is 2.70. The minimum atomic E-state index is 0.371. The average molecular weight is 240 g/mol. The lowest BCUT2D eigenvalue weighted by Gasteiger charge is -2.26. The molecule has 0 saturated heterocycles. The molecule has 0 radical (unpaired) electrons. The van der Waals surface area contributed by atoms with Crippen molar-refractivity contribution < 1.29 is 4.74 Å². The maximum absolute atomic E-state index is 5.65. The van der Waals surface area contributed by atoms with Gasteiger partial charge in [0.25, 0.3) is 0 Å². The normalized spacial score (nSPS) is 17.9. The number of nitrogens with one attached hydrogen (secondary N) is 1. The molecule has 3 rings (SSSR count). The minimum absolute atomic E-state index is 0.371. The van der Waals surface area contributed by atoms with Crippen LogP contribution in [-0.4, -0.2) is 11.6 Å². The molecule has 0 fully saturated rings. The molecule has 92 valence electrons. The van der Waals surface area contributed by atoms with Gasteiger partial charge in [0, 0.05) is 37.0 Å². The van der Waals surface area contributed by atoms with Crippen LogP contribution in [0.3, 0.4) is 0 Å². The van der Waals surface area contributed by atoms with E-state index in [9.17, 15) is 0 Å². The van der Waals surface area contributed by atoms with Crippen molar-refractivity contribution in [3.8, 4) is 5.75 Å². The number of ether oxygens (including phenoxy) is 1. The first kappa shape index (κ1) is 11.2. The summed E-state index contributed by atoms with van der Waals surface area (Å²) in [5.41, 5.74) is 2.47. The Morgan fingerprint density at radius 1 is 1.22 bits per heavy atom. The highest BCUT2D eigenvalue weighted by Crippen LogP contribution is 2.31. The van der Waals surface area contributed by atoms with E-state index in [4.69, 9.17) is 4.74 Å². The van der Waals surface area contributed by atoms with Crippen LogP contribution in [0.25, 0.3) is 0 Å². The van der Waals surface area contributed by atoms with E-state index in [1.54, 1.807) is 6.20 Å². The van der Waals surface area contributed by atoms with E-state index in [1.165, 1.54) is 11.1 Å². The molecule has 0 saturated carbocycles. The molecule has 1 aromatic heterocycles. The Morgan fingerprint density at radius 2 is 2.17 bits per heavy atom. The summed E-state index contributed by atoms with van der Waals surface area (Å²) in [6.45, 7) is 1.62. The van der Waals surface area contributed by atoms with Gasteiger partial charge in [-0.05, 0) is 17.7 Å². The highest BCUT2D eigenvalue weighted by molar-refractivity contribution is 5.37. The Bertz CT molecular complexity index is 513. The molecule has 2 heterocycles. The SMILES string of the molecule is c1cncc(CNC2CCOc3ccccc32)c1. The van der Waals surface area contributed by atoms with E-state index in [2.05, 4.69) is 28.5 Å². The van der Waals surface area contributed by atoms with Crippen LogP contribution in [0.2, 0.25) is 0 Å². The number of aromatic nitrogens is 1. The molecule has 1 aromatic carbocycles. The molecule has 1 unspecified atom stereocenters. The predicted molar refractivity (Wildman–Crippen MR) is 70.4 cm³/mol. The van der Waals surface area contributed by atoms with Crippen LogP contribution in [0.15, 0.2) is 48.8 Å². The monoisotopic (exact) mass is 240 g/mol. The fourth-order valence-corrected chi connectivity index (χ4v) is 2.30. The van der Waals surface area contributed by atoms with Crippen molar-refractivity contribution in [2.45, 2.75) is 19.0 Å². The van der Waals surface area contributed by atoms with Crippen LogP contribution in [0.1, 0.15) is 23.6 Å². The molecule has 18 heavy (non-hydrogen) atoms. The van der Waals surface area contributed by atoms with Crippen molar-refractivity contribution >= 4 is 0 Å². The van der Waals surface area contributed by atoms with Gasteiger partial charge >= 0.3 is 0 Å². The Hall–Kier alpha value is -1.87. The molecule has 0 aliphatic carbocycles. The summed E-state index contributed by atoms with van der Waals surface area (Å²) in [6, 6.07) is 12.7. The fourth-order valence-electron chi connectivity index (χ4n) is 2.30. The summed E-state index contributed by atoms with van der Waals surface area (Å²) in [6.07, 6.45) is 4.71. The number of benzene rings is 1. The summed E-state index contributed by atoms with van der Waals surface area (Å²) in [5.74, 6) is 1.01. The minimum Gasteiger partial charge on any atom is -0.493 e. The zero-order valence-electron chi connectivity index (χ0n) is 10.2. The van der Waals surface area contributed by atoms with Crippen molar-refractivity contribution in [3.63, 3.8) is 0 Å². The quantitative estimate of drug-likeness (QED) is 0.895. The molecule has 0 amide bonds. The second-order valence-corrected chi connectivity index (χ2v) is 4.47. The van der Waals surface area contributed by atoms with E-state index in [0.29, 0.717) is 6.04 Å². The van der Waals surface area contributed by atoms with Crippen molar-refractivity contribution in [3.05, 3.63) is 59.9 Å². The molecule has 3 heteroatoms. The summed E-state index contributed by atoms with van der Waals surface area (Å²) < 4.78 is 5.65. The van der Waals surface area contributed by atoms with Crippen LogP contribution < -0.4 is 10.1 Å². The Balaban J connectivity index is 1.71. The highest BCUT2D eigenvalue weighted by Gasteiger charge is 2.20. The van der Waals surface area contributed by atoms with Gasteiger partial charge in [0.1, 0.15) is 5.75 Å². The summed E-state index contributed by atoms with van der Waals surface area (Å²) in [5, 5.41) is 3.57. The lowest BCUT2D eigenvalue weighted by atomic mass is 10.0. The van der Waals surface area contributed by atoms with Crippen molar-refractivity contribution in [2.24, 2.45) is 0 Å². The maximum atomic E-state index is 5.65. The van der Waals surface area contributed by atoms with Crippen LogP contribution in [0.4, 0.5) is 0 Å². The lowest BCUT2D eigenvalue weighted by molar-refractivity contribution is 0.252. The summed E-state index contributed by atoms with van der Waals surface area (Å²) in [7, 11) is 0. The van der Waals surface area contributed by atoms with Crippen molar-refractivity contribution in [1.29, 1.82) is 0 Å². The van der Waals surface area contributed by atoms with Crippen LogP contribution in [0, 0.1) is 0 Å². The Kier molecular flexibility index (Phi) is 3.24. The number of hydrogen-bond acceptors (Lipinski definition) is 3. The van der Waals surface area contributed by atoms with Gasteiger partial charge in [-0.25, -0.2) is 0 Å². The van der Waals surface area contributed by atoms with E-state index in [0.717, 1.165) is 25.3 Å². The topological polar surface area (TPSA) is 34.2 Å². The van der Waals surface area contributed by atoms with Gasteiger partial charge in [0.2, 0.25) is 0 Å². The summed E-state index contributed by atoms with van der Waals surface area (Å²) in [4.78, 5) is 4.13. The Morgan fingerprint density at radius 3 is 3.06 bits per heavy atom. The van der Waals surface area contributed by atoms with Gasteiger partial charge in [0.05, 0.1) is 6.61 Å². The first-order valence-corrected chi connectivity index (χ1v) is 6.27. The third kappa shape index (κ3) is 2.36. The Labute approximate surface area is 107 Å². The largest absolute Gasteiger partial charge is 0.493 e. The van der Waals surface area contributed by atoms with Crippen LogP contribution >= 0.6 is 0 Å². The first-order valence-electron chi connectivity index (χ1n) is 6.27. The number of nitrogens with zero attached hydrogens (tertiary/aromatic N) is 1. The third-order valence-corrected chi connectivity index (χ3v) is 3.23. The fraction of sp³-hybridized carbons (Fsp3) is 0.267. The van der Waals surface area contributed by atoms with E-state index in [1.807, 2.05) is 24.4 Å². The summed E-state index contributed by atoms with van der Waals surface area (Å²) >= 11 is 0. The maximum Gasteiger partial charge on any atom is 0.124 e. The highest BCUT2D eigenvalue weighted by atomic mass is 16.5. The second-order valence-electron chi connectivity index (χ2n) is 4.47. The van der Waals surface area contributed by atoms with Crippen molar-refractivity contribution in [1.82, 2.24) is 10.3 Å². The second kappa shape index (κ2) is 5.19. The molecule has 0 spiro atoms. The smallest absolute Gasteiger partial charge is 0.124 e. The zero-order chi connectivity index (χ0) is 12.2. The molecule has 3 nitrogen and oxygen atoms in total. The molecule has 0 bridgehead atoms. The first-order chi connectivity index (χ1) is 8.93. The third-order valence-electron chi connectivity index (χ3n) is 3.23. The van der Waals surface area contributed by atoms with E-state index >= 15 is 0 Å². The van der Waals surface area contributed by atoms with Crippen LogP contribution in [-0.2, 0) is 6.54 Å². The standard InChI is InChI=1S/C15H16N2O/c1-2-6-15-13(5-1)14(7-9-18-15)17-11-12-4-3-8-16-10-12/h1-6,8,10,14,17H,7,9,11H2. The van der Waals surface area contributed by atoms with E-state index < -0.39 is 0 Å². The number of para-hydroxylation sites is 1. The van der Waals surface area contributed by atoms with Gasteiger partial charge in [-0.15, -0.1) is 0 Å². The number of hydrogen-bond donors (Lipinski definition) is 1. The molecule has 2 aromatic rings. The van der Waals surface area contributed by atoms with Gasteiger partial charge < -0.3 is 10.1 Å². The molecule has 1 aliphatic heterocycles. The molecular weight excluding hydrogens is 224 g/mol. The molecule has 1 aliphatic rings. The zero-order valence-corrected chi connectivity index (χ0v) is 10.2. The van der Waals surface area contributed by atoms with Gasteiger partial charge in [0.15, 0.2) is 0 Å². The van der Waals surface area contributed by atoms with Gasteiger partial charge in [-0.1, -0.05) is 24.3 Å². The average Bonchev–Trinajstić information content (AvgIpc) is 2.46. The molecule has 1 atom stereocenters. The van der Waals surface area contributed by atoms with Gasteiger partial charge in [-0.3, -0.25) is 4.98 Å². The van der Waals surface area contributed by atoms with E-state index in [-0.39, 0.29) is 0 Å². The number of rotatable bonds is 3. The van der Waals surface area contributed by atoms with Gasteiger partial charge in [-0.2, -0.15) is 0 Å². The molecule has 1 N–H and O–H groups in total. The molecular formula is C15H16N2O. The van der Waals surface area contributed by atoms with Crippen LogP contribution in [0.5, 0.6) is 5.75 Å². The lowest BCUT2D eigenvalue weighted by Crippen LogP contribution is -2.26. The number of pyridine rings is 1. The van der Waals surface area contributed by atoms with Crippen molar-refractivity contribution in [2.75, 3.05) is 6.61 Å².